The van der Waals surface area contributed by atoms with E-state index in [9.17, 15) is 9.59 Å². The van der Waals surface area contributed by atoms with Crippen LogP contribution in [0.25, 0.3) is 6.08 Å². The summed E-state index contributed by atoms with van der Waals surface area (Å²) in [4.78, 5) is 29.0. The molecule has 1 N–H and O–H groups in total. The summed E-state index contributed by atoms with van der Waals surface area (Å²) in [7, 11) is 1.58. The van der Waals surface area contributed by atoms with Crippen LogP contribution in [0, 0.1) is 6.92 Å². The largest absolute Gasteiger partial charge is 0.497 e. The number of nitrogens with zero attached hydrogens (tertiary/aromatic N) is 1. The minimum Gasteiger partial charge on any atom is -0.497 e. The van der Waals surface area contributed by atoms with Crippen molar-refractivity contribution in [2.24, 2.45) is 0 Å². The monoisotopic (exact) mass is 524 g/mol. The Morgan fingerprint density at radius 2 is 1.77 bits per heavy atom. The molecule has 2 amide bonds. The quantitative estimate of drug-likeness (QED) is 0.281. The molecule has 198 valence electrons. The van der Waals surface area contributed by atoms with Crippen LogP contribution in [0.5, 0.6) is 17.2 Å². The number of carbonyl (C=O) groups is 2. The van der Waals surface area contributed by atoms with Crippen LogP contribution in [-0.2, 0) is 16.1 Å². The summed E-state index contributed by atoms with van der Waals surface area (Å²) in [5, 5.41) is 2.95. The Morgan fingerprint density at radius 3 is 2.49 bits per heavy atom. The van der Waals surface area contributed by atoms with Gasteiger partial charge < -0.3 is 28.8 Å². The van der Waals surface area contributed by atoms with E-state index in [0.717, 1.165) is 11.1 Å². The molecule has 0 bridgehead atoms. The Kier molecular flexibility index (Phi) is 7.63. The standard InChI is InChI=1S/C31H28N2O6/c1-21-5-9-23(10-6-21)30(31(35)32-24-11-13-25(36-2)14-12-24)33(19-26-4-3-17-37-26)29(34)16-8-22-7-15-27-28(18-22)39-20-38-27/h3-18,30H,19-20H2,1-2H3,(H,32,35)/b16-8+/t30-/m1/s1. The minimum absolute atomic E-state index is 0.0892. The first-order chi connectivity index (χ1) is 19.0. The summed E-state index contributed by atoms with van der Waals surface area (Å²) in [5.41, 5.74) is 3.06. The van der Waals surface area contributed by atoms with Crippen LogP contribution in [0.15, 0.2) is 95.6 Å². The summed E-state index contributed by atoms with van der Waals surface area (Å²) >= 11 is 0. The average molecular weight is 525 g/mol. The molecule has 0 unspecified atom stereocenters. The normalized spacial score (nSPS) is 12.8. The van der Waals surface area contributed by atoms with Gasteiger partial charge in [-0.3, -0.25) is 9.59 Å². The van der Waals surface area contributed by atoms with Crippen molar-refractivity contribution in [2.75, 3.05) is 19.2 Å². The van der Waals surface area contributed by atoms with Gasteiger partial charge in [0, 0.05) is 11.8 Å². The van der Waals surface area contributed by atoms with Crippen LogP contribution in [0.4, 0.5) is 5.69 Å². The number of hydrogen-bond acceptors (Lipinski definition) is 6. The van der Waals surface area contributed by atoms with E-state index in [-0.39, 0.29) is 25.2 Å². The van der Waals surface area contributed by atoms with Gasteiger partial charge in [0.25, 0.3) is 5.91 Å². The lowest BCUT2D eigenvalue weighted by Crippen LogP contribution is -2.40. The van der Waals surface area contributed by atoms with Crippen LogP contribution in [-0.4, -0.2) is 30.6 Å². The van der Waals surface area contributed by atoms with E-state index in [1.165, 1.54) is 11.0 Å². The zero-order valence-electron chi connectivity index (χ0n) is 21.6. The van der Waals surface area contributed by atoms with Crippen molar-refractivity contribution in [2.45, 2.75) is 19.5 Å². The van der Waals surface area contributed by atoms with Crippen molar-refractivity contribution in [1.29, 1.82) is 0 Å². The van der Waals surface area contributed by atoms with Gasteiger partial charge in [0.2, 0.25) is 12.7 Å². The second-order valence-electron chi connectivity index (χ2n) is 9.02. The Bertz CT molecular complexity index is 1460. The third-order valence-corrected chi connectivity index (χ3v) is 6.32. The highest BCUT2D eigenvalue weighted by atomic mass is 16.7. The van der Waals surface area contributed by atoms with Crippen molar-refractivity contribution in [1.82, 2.24) is 4.90 Å². The van der Waals surface area contributed by atoms with Gasteiger partial charge in [-0.05, 0) is 72.7 Å². The predicted octanol–water partition coefficient (Wildman–Crippen LogP) is 5.75. The highest BCUT2D eigenvalue weighted by Gasteiger charge is 2.31. The average Bonchev–Trinajstić information content (AvgIpc) is 3.64. The Labute approximate surface area is 226 Å². The van der Waals surface area contributed by atoms with Crippen molar-refractivity contribution < 1.29 is 28.2 Å². The molecule has 1 aliphatic heterocycles. The summed E-state index contributed by atoms with van der Waals surface area (Å²) in [6.45, 7) is 2.22. The van der Waals surface area contributed by atoms with Crippen molar-refractivity contribution in [3.63, 3.8) is 0 Å². The third kappa shape index (κ3) is 6.13. The van der Waals surface area contributed by atoms with Gasteiger partial charge in [-0.1, -0.05) is 35.9 Å². The van der Waals surface area contributed by atoms with Crippen molar-refractivity contribution in [3.8, 4) is 17.2 Å². The molecule has 1 aliphatic rings. The van der Waals surface area contributed by atoms with E-state index in [4.69, 9.17) is 18.6 Å². The molecule has 1 aromatic heterocycles. The number of fused-ring (bicyclic) bond motifs is 1. The Morgan fingerprint density at radius 1 is 1.00 bits per heavy atom. The first-order valence-electron chi connectivity index (χ1n) is 12.4. The van der Waals surface area contributed by atoms with Gasteiger partial charge in [0.15, 0.2) is 11.5 Å². The minimum atomic E-state index is -0.938. The molecule has 4 aromatic rings. The number of ether oxygens (including phenoxy) is 3. The number of rotatable bonds is 9. The Hall–Kier alpha value is -4.98. The molecule has 8 nitrogen and oxygen atoms in total. The maximum Gasteiger partial charge on any atom is 0.251 e. The van der Waals surface area contributed by atoms with Crippen LogP contribution in [0.2, 0.25) is 0 Å². The summed E-state index contributed by atoms with van der Waals surface area (Å²) in [5.74, 6) is 1.78. The number of aryl methyl sites for hydroxylation is 1. The molecule has 1 atom stereocenters. The highest BCUT2D eigenvalue weighted by molar-refractivity contribution is 6.00. The van der Waals surface area contributed by atoms with Crippen LogP contribution >= 0.6 is 0 Å². The zero-order valence-corrected chi connectivity index (χ0v) is 21.6. The molecular formula is C31H28N2O6. The van der Waals surface area contributed by atoms with Crippen molar-refractivity contribution >= 4 is 23.6 Å². The maximum absolute atomic E-state index is 13.8. The van der Waals surface area contributed by atoms with E-state index in [1.54, 1.807) is 68.0 Å². The number of anilines is 1. The fourth-order valence-electron chi connectivity index (χ4n) is 4.25. The van der Waals surface area contributed by atoms with Crippen molar-refractivity contribution in [3.05, 3.63) is 114 Å². The SMILES string of the molecule is COc1ccc(NC(=O)[C@@H](c2ccc(C)cc2)N(Cc2ccco2)C(=O)/C=C/c2ccc3c(c2)OCO3)cc1. The number of amides is 2. The molecule has 5 rings (SSSR count). The van der Waals surface area contributed by atoms with Gasteiger partial charge >= 0.3 is 0 Å². The van der Waals surface area contributed by atoms with Crippen LogP contribution in [0.3, 0.4) is 0 Å². The number of nitrogens with one attached hydrogen (secondary N) is 1. The molecular weight excluding hydrogens is 496 g/mol. The molecule has 8 heteroatoms. The van der Waals surface area contributed by atoms with Gasteiger partial charge in [-0.2, -0.15) is 0 Å². The van der Waals surface area contributed by atoms with Crippen LogP contribution < -0.4 is 19.5 Å². The lowest BCUT2D eigenvalue weighted by molar-refractivity contribution is -0.136. The van der Waals surface area contributed by atoms with E-state index in [1.807, 2.05) is 37.3 Å². The number of benzene rings is 3. The summed E-state index contributed by atoms with van der Waals surface area (Å²) in [6, 6.07) is 22.6. The lowest BCUT2D eigenvalue weighted by atomic mass is 10.0. The second-order valence-corrected chi connectivity index (χ2v) is 9.02. The van der Waals surface area contributed by atoms with E-state index in [2.05, 4.69) is 5.32 Å². The Balaban J connectivity index is 1.48. The molecule has 0 fully saturated rings. The summed E-state index contributed by atoms with van der Waals surface area (Å²) in [6.07, 6.45) is 4.67. The maximum atomic E-state index is 13.8. The van der Waals surface area contributed by atoms with Gasteiger partial charge in [-0.15, -0.1) is 0 Å². The zero-order chi connectivity index (χ0) is 27.2. The fourth-order valence-corrected chi connectivity index (χ4v) is 4.25. The number of hydrogen-bond donors (Lipinski definition) is 1. The second kappa shape index (κ2) is 11.6. The third-order valence-electron chi connectivity index (χ3n) is 6.32. The molecule has 2 heterocycles. The summed E-state index contributed by atoms with van der Waals surface area (Å²) < 4.78 is 21.6. The molecule has 0 spiro atoms. The molecule has 39 heavy (non-hydrogen) atoms. The molecule has 0 aliphatic carbocycles. The van der Waals surface area contributed by atoms with Gasteiger partial charge in [0.05, 0.1) is 19.9 Å². The smallest absolute Gasteiger partial charge is 0.251 e. The number of carbonyl (C=O) groups excluding carboxylic acids is 2. The molecule has 0 radical (unpaired) electrons. The first kappa shape index (κ1) is 25.7. The lowest BCUT2D eigenvalue weighted by Gasteiger charge is -2.30. The van der Waals surface area contributed by atoms with Gasteiger partial charge in [-0.25, -0.2) is 0 Å². The molecule has 0 saturated carbocycles. The first-order valence-corrected chi connectivity index (χ1v) is 12.4. The highest BCUT2D eigenvalue weighted by Crippen LogP contribution is 2.33. The number of furan rings is 1. The number of methoxy groups -OCH3 is 1. The van der Waals surface area contributed by atoms with Gasteiger partial charge in [0.1, 0.15) is 17.6 Å². The predicted molar refractivity (Wildman–Crippen MR) is 146 cm³/mol. The van der Waals surface area contributed by atoms with E-state index in [0.29, 0.717) is 34.3 Å². The van der Waals surface area contributed by atoms with Crippen LogP contribution in [0.1, 0.15) is 28.5 Å². The fraction of sp³-hybridized carbons (Fsp3) is 0.161. The molecule has 0 saturated heterocycles. The molecule has 3 aromatic carbocycles. The van der Waals surface area contributed by atoms with E-state index < -0.39 is 6.04 Å². The van der Waals surface area contributed by atoms with E-state index >= 15 is 0 Å². The topological polar surface area (TPSA) is 90.2 Å².